The average molecular weight is 266 g/mol. The molecular formula is C16H30N2O. The Kier molecular flexibility index (Phi) is 4.88. The molecule has 2 fully saturated rings. The maximum atomic E-state index is 12.5. The molecule has 2 atom stereocenters. The average Bonchev–Trinajstić information content (AvgIpc) is 2.59. The summed E-state index contributed by atoms with van der Waals surface area (Å²) in [6, 6.07) is 0.0533. The first-order valence-corrected chi connectivity index (χ1v) is 8.04. The standard InChI is InChI=1S/C16H30N2O/c1-11(2)9-15-16(19)18(13(4)17-15)10-14-7-5-12(3)6-8-14/h11-15,17H,5-10H2,1-4H3. The number of hydrogen-bond acceptors (Lipinski definition) is 2. The predicted octanol–water partition coefficient (Wildman–Crippen LogP) is 3.01. The first kappa shape index (κ1) is 14.8. The highest BCUT2D eigenvalue weighted by molar-refractivity contribution is 5.84. The molecule has 1 saturated heterocycles. The fourth-order valence-electron chi connectivity index (χ4n) is 3.52. The minimum absolute atomic E-state index is 0.0533. The Morgan fingerprint density at radius 3 is 2.42 bits per heavy atom. The van der Waals surface area contributed by atoms with Crippen molar-refractivity contribution >= 4 is 5.91 Å². The van der Waals surface area contributed by atoms with Crippen molar-refractivity contribution < 1.29 is 4.79 Å². The first-order chi connectivity index (χ1) is 8.97. The van der Waals surface area contributed by atoms with Crippen LogP contribution in [0.15, 0.2) is 0 Å². The van der Waals surface area contributed by atoms with Gasteiger partial charge in [-0.1, -0.05) is 33.6 Å². The summed E-state index contributed by atoms with van der Waals surface area (Å²) in [6.07, 6.45) is 6.45. The zero-order valence-electron chi connectivity index (χ0n) is 13.0. The zero-order chi connectivity index (χ0) is 14.0. The van der Waals surface area contributed by atoms with E-state index in [-0.39, 0.29) is 12.2 Å². The van der Waals surface area contributed by atoms with Crippen molar-refractivity contribution in [2.75, 3.05) is 6.54 Å². The van der Waals surface area contributed by atoms with Gasteiger partial charge >= 0.3 is 0 Å². The summed E-state index contributed by atoms with van der Waals surface area (Å²) in [4.78, 5) is 14.5. The van der Waals surface area contributed by atoms with Crippen LogP contribution in [0.4, 0.5) is 0 Å². The summed E-state index contributed by atoms with van der Waals surface area (Å²) >= 11 is 0. The van der Waals surface area contributed by atoms with Crippen molar-refractivity contribution in [2.45, 2.75) is 72.0 Å². The van der Waals surface area contributed by atoms with Gasteiger partial charge in [0, 0.05) is 6.54 Å². The van der Waals surface area contributed by atoms with E-state index in [0.717, 1.165) is 24.8 Å². The normalized spacial score (nSPS) is 36.3. The van der Waals surface area contributed by atoms with Crippen LogP contribution in [-0.4, -0.2) is 29.6 Å². The summed E-state index contributed by atoms with van der Waals surface area (Å²) in [5.74, 6) is 2.51. The van der Waals surface area contributed by atoms with Gasteiger partial charge in [0.2, 0.25) is 5.91 Å². The lowest BCUT2D eigenvalue weighted by Crippen LogP contribution is -2.39. The molecular weight excluding hydrogens is 236 g/mol. The fourth-order valence-corrected chi connectivity index (χ4v) is 3.52. The molecule has 19 heavy (non-hydrogen) atoms. The smallest absolute Gasteiger partial charge is 0.241 e. The Bertz CT molecular complexity index is 308. The van der Waals surface area contributed by atoms with E-state index in [4.69, 9.17) is 0 Å². The molecule has 2 rings (SSSR count). The van der Waals surface area contributed by atoms with Gasteiger partial charge in [-0.2, -0.15) is 0 Å². The summed E-state index contributed by atoms with van der Waals surface area (Å²) < 4.78 is 0. The van der Waals surface area contributed by atoms with Gasteiger partial charge < -0.3 is 4.90 Å². The van der Waals surface area contributed by atoms with E-state index in [1.807, 2.05) is 0 Å². The fraction of sp³-hybridized carbons (Fsp3) is 0.938. The van der Waals surface area contributed by atoms with Gasteiger partial charge in [0.05, 0.1) is 12.2 Å². The molecule has 1 aliphatic carbocycles. The summed E-state index contributed by atoms with van der Waals surface area (Å²) in [5.41, 5.74) is 0. The van der Waals surface area contributed by atoms with Crippen LogP contribution in [0.3, 0.4) is 0 Å². The molecule has 0 radical (unpaired) electrons. The summed E-state index contributed by atoms with van der Waals surface area (Å²) in [7, 11) is 0. The van der Waals surface area contributed by atoms with Crippen molar-refractivity contribution in [1.82, 2.24) is 10.2 Å². The molecule has 1 saturated carbocycles. The van der Waals surface area contributed by atoms with Crippen molar-refractivity contribution in [3.8, 4) is 0 Å². The Balaban J connectivity index is 1.88. The second-order valence-electron chi connectivity index (χ2n) is 7.14. The molecule has 1 aliphatic heterocycles. The zero-order valence-corrected chi connectivity index (χ0v) is 13.0. The van der Waals surface area contributed by atoms with Crippen LogP contribution in [0.5, 0.6) is 0 Å². The third-order valence-corrected chi connectivity index (χ3v) is 4.79. The number of rotatable bonds is 4. The Morgan fingerprint density at radius 1 is 1.21 bits per heavy atom. The molecule has 3 nitrogen and oxygen atoms in total. The minimum Gasteiger partial charge on any atom is -0.326 e. The third-order valence-electron chi connectivity index (χ3n) is 4.79. The minimum atomic E-state index is 0.0533. The molecule has 0 aromatic heterocycles. The molecule has 0 bridgehead atoms. The molecule has 2 aliphatic rings. The number of hydrogen-bond donors (Lipinski definition) is 1. The molecule has 2 unspecified atom stereocenters. The SMILES string of the molecule is CC(C)CC1NC(C)N(CC2CCC(C)CC2)C1=O. The Labute approximate surface area is 118 Å². The maximum absolute atomic E-state index is 12.5. The Morgan fingerprint density at radius 2 is 1.84 bits per heavy atom. The van der Waals surface area contributed by atoms with Crippen molar-refractivity contribution in [3.05, 3.63) is 0 Å². The quantitative estimate of drug-likeness (QED) is 0.848. The molecule has 0 spiro atoms. The second kappa shape index (κ2) is 6.25. The monoisotopic (exact) mass is 266 g/mol. The van der Waals surface area contributed by atoms with Crippen LogP contribution < -0.4 is 5.32 Å². The lowest BCUT2D eigenvalue weighted by Gasteiger charge is -2.31. The summed E-state index contributed by atoms with van der Waals surface area (Å²) in [6.45, 7) is 9.81. The third kappa shape index (κ3) is 3.71. The van der Waals surface area contributed by atoms with Gasteiger partial charge in [-0.15, -0.1) is 0 Å². The topological polar surface area (TPSA) is 32.3 Å². The van der Waals surface area contributed by atoms with Crippen molar-refractivity contribution in [1.29, 1.82) is 0 Å². The highest BCUT2D eigenvalue weighted by atomic mass is 16.2. The van der Waals surface area contributed by atoms with Crippen LogP contribution in [0.1, 0.15) is 59.8 Å². The molecule has 1 amide bonds. The van der Waals surface area contributed by atoms with Gasteiger partial charge in [0.1, 0.15) is 0 Å². The van der Waals surface area contributed by atoms with Gasteiger partial charge in [0.25, 0.3) is 0 Å². The highest BCUT2D eigenvalue weighted by Gasteiger charge is 2.37. The molecule has 0 aromatic carbocycles. The first-order valence-electron chi connectivity index (χ1n) is 8.04. The lowest BCUT2D eigenvalue weighted by atomic mass is 9.83. The Hall–Kier alpha value is -0.570. The molecule has 1 N–H and O–H groups in total. The number of nitrogens with one attached hydrogen (secondary N) is 1. The summed E-state index contributed by atoms with van der Waals surface area (Å²) in [5, 5.41) is 3.46. The molecule has 0 aromatic rings. The molecule has 3 heteroatoms. The molecule has 110 valence electrons. The van der Waals surface area contributed by atoms with E-state index < -0.39 is 0 Å². The number of nitrogens with zero attached hydrogens (tertiary/aromatic N) is 1. The van der Waals surface area contributed by atoms with Crippen molar-refractivity contribution in [2.24, 2.45) is 17.8 Å². The van der Waals surface area contributed by atoms with Gasteiger partial charge in [0.15, 0.2) is 0 Å². The maximum Gasteiger partial charge on any atom is 0.241 e. The van der Waals surface area contributed by atoms with Gasteiger partial charge in [-0.05, 0) is 43.9 Å². The molecule has 1 heterocycles. The van der Waals surface area contributed by atoms with E-state index in [0.29, 0.717) is 11.8 Å². The van der Waals surface area contributed by atoms with Crippen LogP contribution in [0.25, 0.3) is 0 Å². The van der Waals surface area contributed by atoms with Crippen LogP contribution in [0.2, 0.25) is 0 Å². The van der Waals surface area contributed by atoms with Crippen molar-refractivity contribution in [3.63, 3.8) is 0 Å². The van der Waals surface area contributed by atoms with Crippen LogP contribution in [0, 0.1) is 17.8 Å². The number of carbonyl (C=O) groups is 1. The van der Waals surface area contributed by atoms with E-state index in [9.17, 15) is 4.79 Å². The lowest BCUT2D eigenvalue weighted by molar-refractivity contribution is -0.130. The van der Waals surface area contributed by atoms with Gasteiger partial charge in [-0.25, -0.2) is 0 Å². The predicted molar refractivity (Wildman–Crippen MR) is 78.7 cm³/mol. The van der Waals surface area contributed by atoms with E-state index in [2.05, 4.69) is 37.9 Å². The van der Waals surface area contributed by atoms with E-state index in [1.54, 1.807) is 0 Å². The number of amides is 1. The largest absolute Gasteiger partial charge is 0.326 e. The second-order valence-corrected chi connectivity index (χ2v) is 7.14. The number of carbonyl (C=O) groups excluding carboxylic acids is 1. The van der Waals surface area contributed by atoms with Crippen LogP contribution in [-0.2, 0) is 4.79 Å². The van der Waals surface area contributed by atoms with E-state index >= 15 is 0 Å². The van der Waals surface area contributed by atoms with Gasteiger partial charge in [-0.3, -0.25) is 10.1 Å². The van der Waals surface area contributed by atoms with Crippen LogP contribution >= 0.6 is 0 Å². The van der Waals surface area contributed by atoms with E-state index in [1.165, 1.54) is 25.7 Å². The highest BCUT2D eigenvalue weighted by Crippen LogP contribution is 2.30.